The molecule has 1 aromatic rings. The van der Waals surface area contributed by atoms with E-state index in [0.717, 1.165) is 5.69 Å². The minimum Gasteiger partial charge on any atom is -0.548 e. The van der Waals surface area contributed by atoms with Crippen molar-refractivity contribution in [3.63, 3.8) is 0 Å². The summed E-state index contributed by atoms with van der Waals surface area (Å²) in [7, 11) is 0. The Morgan fingerprint density at radius 1 is 1.41 bits per heavy atom. The highest BCUT2D eigenvalue weighted by atomic mass is 32.1. The Bertz CT molecular complexity index is 395. The Morgan fingerprint density at radius 2 is 2.00 bits per heavy atom. The summed E-state index contributed by atoms with van der Waals surface area (Å²) < 4.78 is 0. The van der Waals surface area contributed by atoms with Crippen molar-refractivity contribution in [3.05, 3.63) is 30.3 Å². The standard InChI is InChI=1S/C11H14N2O3S/c1-7(14)9(10(15)16)13-11(17)12-8-5-3-2-4-6-8/h2-7,9,14H,1H3,(H,15,16)(H2,12,13,17)/p-1/t7-,9+/m0/s1. The molecule has 3 N–H and O–H groups in total. The number of thiocarbonyl (C=S) groups is 1. The van der Waals surface area contributed by atoms with Gasteiger partial charge in [0.1, 0.15) is 0 Å². The monoisotopic (exact) mass is 253 g/mol. The van der Waals surface area contributed by atoms with E-state index >= 15 is 0 Å². The van der Waals surface area contributed by atoms with Crippen molar-refractivity contribution in [1.29, 1.82) is 0 Å². The van der Waals surface area contributed by atoms with Gasteiger partial charge in [-0.25, -0.2) is 0 Å². The van der Waals surface area contributed by atoms with Gasteiger partial charge in [0.25, 0.3) is 0 Å². The number of hydrogen-bond acceptors (Lipinski definition) is 4. The lowest BCUT2D eigenvalue weighted by Gasteiger charge is -2.24. The quantitative estimate of drug-likeness (QED) is 0.626. The van der Waals surface area contributed by atoms with Gasteiger partial charge in [0.15, 0.2) is 5.11 Å². The molecule has 1 rings (SSSR count). The lowest BCUT2D eigenvalue weighted by atomic mass is 10.2. The summed E-state index contributed by atoms with van der Waals surface area (Å²) in [5.74, 6) is -1.41. The maximum absolute atomic E-state index is 10.7. The molecule has 6 heteroatoms. The van der Waals surface area contributed by atoms with Crippen molar-refractivity contribution in [1.82, 2.24) is 5.32 Å². The first-order valence-electron chi connectivity index (χ1n) is 5.02. The number of carboxylic acids is 1. The molecule has 0 bridgehead atoms. The van der Waals surface area contributed by atoms with E-state index in [4.69, 9.17) is 12.2 Å². The second-order valence-corrected chi connectivity index (χ2v) is 3.91. The van der Waals surface area contributed by atoms with Gasteiger partial charge < -0.3 is 25.6 Å². The number of carbonyl (C=O) groups excluding carboxylic acids is 1. The summed E-state index contributed by atoms with van der Waals surface area (Å²) in [6.07, 6.45) is -1.10. The Hall–Kier alpha value is -1.66. The number of anilines is 1. The number of rotatable bonds is 4. The van der Waals surface area contributed by atoms with Crippen LogP contribution in [-0.4, -0.2) is 28.3 Å². The van der Waals surface area contributed by atoms with Crippen molar-refractivity contribution in [2.45, 2.75) is 19.1 Å². The number of aliphatic hydroxyl groups excluding tert-OH is 1. The van der Waals surface area contributed by atoms with Gasteiger partial charge >= 0.3 is 0 Å². The number of hydrogen-bond donors (Lipinski definition) is 3. The van der Waals surface area contributed by atoms with E-state index < -0.39 is 18.1 Å². The van der Waals surface area contributed by atoms with Gasteiger partial charge in [0.05, 0.1) is 18.1 Å². The summed E-state index contributed by atoms with van der Waals surface area (Å²) in [4.78, 5) is 10.7. The fraction of sp³-hybridized carbons (Fsp3) is 0.273. The number of nitrogens with one attached hydrogen (secondary N) is 2. The third-order valence-corrected chi connectivity index (χ3v) is 2.27. The molecule has 0 saturated heterocycles. The van der Waals surface area contributed by atoms with Crippen molar-refractivity contribution in [3.8, 4) is 0 Å². The summed E-state index contributed by atoms with van der Waals surface area (Å²) >= 11 is 4.93. The molecule has 17 heavy (non-hydrogen) atoms. The molecular weight excluding hydrogens is 240 g/mol. The molecule has 0 radical (unpaired) electrons. The predicted octanol–water partition coefficient (Wildman–Crippen LogP) is -0.528. The topological polar surface area (TPSA) is 84.4 Å². The first-order valence-corrected chi connectivity index (χ1v) is 5.43. The van der Waals surface area contributed by atoms with Crippen LogP contribution in [0.3, 0.4) is 0 Å². The number of benzene rings is 1. The molecule has 2 atom stereocenters. The van der Waals surface area contributed by atoms with Gasteiger partial charge in [-0.3, -0.25) is 0 Å². The molecule has 1 aromatic carbocycles. The maximum atomic E-state index is 10.7. The van der Waals surface area contributed by atoms with Crippen LogP contribution in [0.5, 0.6) is 0 Å². The van der Waals surface area contributed by atoms with Crippen LogP contribution in [-0.2, 0) is 4.79 Å². The summed E-state index contributed by atoms with van der Waals surface area (Å²) in [6, 6.07) is 7.81. The summed E-state index contributed by atoms with van der Waals surface area (Å²) in [6.45, 7) is 1.35. The van der Waals surface area contributed by atoms with Gasteiger partial charge in [-0.15, -0.1) is 0 Å². The lowest BCUT2D eigenvalue weighted by molar-refractivity contribution is -0.309. The highest BCUT2D eigenvalue weighted by Crippen LogP contribution is 2.04. The van der Waals surface area contributed by atoms with Gasteiger partial charge in [0, 0.05) is 5.69 Å². The second-order valence-electron chi connectivity index (χ2n) is 3.50. The fourth-order valence-electron chi connectivity index (χ4n) is 1.21. The third-order valence-electron chi connectivity index (χ3n) is 2.05. The van der Waals surface area contributed by atoms with Gasteiger partial charge in [-0.05, 0) is 31.3 Å². The van der Waals surface area contributed by atoms with Crippen LogP contribution in [0.25, 0.3) is 0 Å². The molecule has 0 spiro atoms. The zero-order chi connectivity index (χ0) is 12.8. The van der Waals surface area contributed by atoms with Gasteiger partial charge in [-0.2, -0.15) is 0 Å². The average Bonchev–Trinajstić information content (AvgIpc) is 2.26. The second kappa shape index (κ2) is 6.17. The molecule has 0 amide bonds. The zero-order valence-electron chi connectivity index (χ0n) is 9.21. The molecule has 0 aliphatic carbocycles. The molecule has 0 saturated carbocycles. The molecular formula is C11H13N2O3S-. The van der Waals surface area contributed by atoms with Crippen LogP contribution in [0.2, 0.25) is 0 Å². The number of carbonyl (C=O) groups is 1. The van der Waals surface area contributed by atoms with Crippen molar-refractivity contribution >= 4 is 29.0 Å². The van der Waals surface area contributed by atoms with Gasteiger partial charge in [-0.1, -0.05) is 18.2 Å². The van der Waals surface area contributed by atoms with E-state index in [-0.39, 0.29) is 5.11 Å². The van der Waals surface area contributed by atoms with Crippen LogP contribution in [0.1, 0.15) is 6.92 Å². The molecule has 0 heterocycles. The fourth-order valence-corrected chi connectivity index (χ4v) is 1.45. The van der Waals surface area contributed by atoms with E-state index in [2.05, 4.69) is 10.6 Å². The summed E-state index contributed by atoms with van der Waals surface area (Å²) in [5.41, 5.74) is 0.729. The van der Waals surface area contributed by atoms with E-state index in [0.29, 0.717) is 0 Å². The van der Waals surface area contributed by atoms with Crippen LogP contribution >= 0.6 is 12.2 Å². The molecule has 0 aliphatic rings. The molecule has 0 unspecified atom stereocenters. The highest BCUT2D eigenvalue weighted by molar-refractivity contribution is 7.80. The number of para-hydroxylation sites is 1. The van der Waals surface area contributed by atoms with Crippen molar-refractivity contribution in [2.75, 3.05) is 5.32 Å². The van der Waals surface area contributed by atoms with Crippen molar-refractivity contribution < 1.29 is 15.0 Å². The van der Waals surface area contributed by atoms with Crippen LogP contribution in [0.4, 0.5) is 5.69 Å². The number of carboxylic acid groups (broad SMARTS) is 1. The van der Waals surface area contributed by atoms with E-state index in [9.17, 15) is 15.0 Å². The SMILES string of the molecule is C[C@H](O)[C@@H](NC(=S)Nc1ccccc1)C(=O)[O-]. The molecule has 5 nitrogen and oxygen atoms in total. The lowest BCUT2D eigenvalue weighted by Crippen LogP contribution is -2.54. The molecule has 92 valence electrons. The van der Waals surface area contributed by atoms with Crippen LogP contribution in [0, 0.1) is 0 Å². The summed E-state index contributed by atoms with van der Waals surface area (Å²) in [5, 5.41) is 25.3. The Balaban J connectivity index is 2.57. The predicted molar refractivity (Wildman–Crippen MR) is 66.3 cm³/mol. The minimum absolute atomic E-state index is 0.117. The number of aliphatic hydroxyl groups is 1. The highest BCUT2D eigenvalue weighted by Gasteiger charge is 2.16. The number of aliphatic carboxylic acids is 1. The Kier molecular flexibility index (Phi) is 4.86. The normalized spacial score (nSPS) is 13.5. The smallest absolute Gasteiger partial charge is 0.171 e. The Labute approximate surface area is 104 Å². The largest absolute Gasteiger partial charge is 0.548 e. The minimum atomic E-state index is -1.41. The van der Waals surface area contributed by atoms with E-state index in [1.807, 2.05) is 18.2 Å². The van der Waals surface area contributed by atoms with Crippen molar-refractivity contribution in [2.24, 2.45) is 0 Å². The molecule has 0 aliphatic heterocycles. The molecule has 0 aromatic heterocycles. The Morgan fingerprint density at radius 3 is 2.47 bits per heavy atom. The zero-order valence-corrected chi connectivity index (χ0v) is 10.0. The van der Waals surface area contributed by atoms with E-state index in [1.165, 1.54) is 6.92 Å². The first-order chi connectivity index (χ1) is 8.00. The third kappa shape index (κ3) is 4.38. The van der Waals surface area contributed by atoms with Crippen LogP contribution < -0.4 is 15.7 Å². The first kappa shape index (κ1) is 13.4. The van der Waals surface area contributed by atoms with E-state index in [1.54, 1.807) is 12.1 Å². The maximum Gasteiger partial charge on any atom is 0.171 e. The van der Waals surface area contributed by atoms with Crippen LogP contribution in [0.15, 0.2) is 30.3 Å². The average molecular weight is 253 g/mol. The molecule has 0 fully saturated rings. The van der Waals surface area contributed by atoms with Gasteiger partial charge in [0.2, 0.25) is 0 Å².